The third-order valence-electron chi connectivity index (χ3n) is 1.11. The minimum absolute atomic E-state index is 0. The Morgan fingerprint density at radius 2 is 0.818 bits per heavy atom. The van der Waals surface area contributed by atoms with E-state index in [0.29, 0.717) is 0 Å². The zero-order chi connectivity index (χ0) is 7.07. The van der Waals surface area contributed by atoms with Crippen LogP contribution < -0.4 is 0 Å². The summed E-state index contributed by atoms with van der Waals surface area (Å²) in [5.41, 5.74) is 0. The Bertz CT molecular complexity index is 144. The van der Waals surface area contributed by atoms with Crippen molar-refractivity contribution in [3.8, 4) is 0 Å². The molecule has 2 rings (SSSR count). The standard InChI is InChI=1S/2C5H5.Ru/c2*1-2-4-5-3-1;/h2*1-5H;/q2*-1;. The van der Waals surface area contributed by atoms with Crippen molar-refractivity contribution in [3.05, 3.63) is 60.7 Å². The summed E-state index contributed by atoms with van der Waals surface area (Å²) in [6, 6.07) is 20.0. The molecule has 2 aromatic carbocycles. The molecule has 0 spiro atoms. The monoisotopic (exact) mass is 232 g/mol. The minimum Gasteiger partial charge on any atom is -0.214 e. The third-order valence-corrected chi connectivity index (χ3v) is 1.11. The quantitative estimate of drug-likeness (QED) is 0.483. The van der Waals surface area contributed by atoms with Crippen LogP contribution in [0, 0.1) is 0 Å². The summed E-state index contributed by atoms with van der Waals surface area (Å²) in [5.74, 6) is 0. The summed E-state index contributed by atoms with van der Waals surface area (Å²) in [7, 11) is 0. The molecular weight excluding hydrogens is 221 g/mol. The van der Waals surface area contributed by atoms with Crippen molar-refractivity contribution in [2.45, 2.75) is 0 Å². The van der Waals surface area contributed by atoms with E-state index in [1.807, 2.05) is 60.7 Å². The van der Waals surface area contributed by atoms with E-state index in [2.05, 4.69) is 0 Å². The summed E-state index contributed by atoms with van der Waals surface area (Å²) in [6.45, 7) is 0. The molecule has 0 saturated carbocycles. The van der Waals surface area contributed by atoms with Crippen molar-refractivity contribution in [1.82, 2.24) is 0 Å². The van der Waals surface area contributed by atoms with E-state index >= 15 is 0 Å². The van der Waals surface area contributed by atoms with E-state index in [-0.39, 0.29) is 19.5 Å². The minimum atomic E-state index is 0. The molecule has 0 radical (unpaired) electrons. The molecule has 0 atom stereocenters. The second-order valence-electron chi connectivity index (χ2n) is 1.92. The molecule has 0 amide bonds. The zero-order valence-corrected chi connectivity index (χ0v) is 7.87. The molecule has 1 heteroatoms. The predicted octanol–water partition coefficient (Wildman–Crippen LogP) is 2.81. The summed E-state index contributed by atoms with van der Waals surface area (Å²) < 4.78 is 0. The molecule has 0 unspecified atom stereocenters. The Hall–Kier alpha value is -0.677. The van der Waals surface area contributed by atoms with Crippen molar-refractivity contribution >= 4 is 0 Å². The fourth-order valence-electron chi connectivity index (χ4n) is 0.642. The van der Waals surface area contributed by atoms with Gasteiger partial charge in [-0.3, -0.25) is 0 Å². The maximum absolute atomic E-state index is 2.00. The summed E-state index contributed by atoms with van der Waals surface area (Å²) in [5, 5.41) is 0. The Balaban J connectivity index is 0.000000167. The third kappa shape index (κ3) is 5.75. The van der Waals surface area contributed by atoms with Crippen LogP contribution in [0.15, 0.2) is 60.7 Å². The van der Waals surface area contributed by atoms with Gasteiger partial charge in [0.05, 0.1) is 0 Å². The Morgan fingerprint density at radius 3 is 0.909 bits per heavy atom. The van der Waals surface area contributed by atoms with Crippen LogP contribution in [0.4, 0.5) is 0 Å². The van der Waals surface area contributed by atoms with E-state index in [0.717, 1.165) is 0 Å². The summed E-state index contributed by atoms with van der Waals surface area (Å²) >= 11 is 0. The van der Waals surface area contributed by atoms with Gasteiger partial charge in [-0.2, -0.15) is 36.4 Å². The molecule has 0 heterocycles. The zero-order valence-electron chi connectivity index (χ0n) is 6.13. The number of hydrogen-bond donors (Lipinski definition) is 0. The van der Waals surface area contributed by atoms with Crippen LogP contribution in [0.2, 0.25) is 0 Å². The van der Waals surface area contributed by atoms with E-state index < -0.39 is 0 Å². The van der Waals surface area contributed by atoms with Crippen LogP contribution >= 0.6 is 0 Å². The fraction of sp³-hybridized carbons (Fsp3) is 0. The van der Waals surface area contributed by atoms with Gasteiger partial charge in [-0.05, 0) is 0 Å². The predicted molar refractivity (Wildman–Crippen MR) is 44.1 cm³/mol. The van der Waals surface area contributed by atoms with Gasteiger partial charge in [-0.1, -0.05) is 0 Å². The number of rotatable bonds is 0. The average Bonchev–Trinajstić information content (AvgIpc) is 2.67. The Labute approximate surface area is 80.4 Å². The molecule has 0 bridgehead atoms. The van der Waals surface area contributed by atoms with E-state index in [1.54, 1.807) is 0 Å². The van der Waals surface area contributed by atoms with Crippen LogP contribution in [0.25, 0.3) is 0 Å². The first-order valence-corrected chi connectivity index (χ1v) is 3.33. The van der Waals surface area contributed by atoms with Crippen LogP contribution in [-0.2, 0) is 19.5 Å². The summed E-state index contributed by atoms with van der Waals surface area (Å²) in [6.07, 6.45) is 0. The van der Waals surface area contributed by atoms with Crippen LogP contribution in [0.5, 0.6) is 0 Å². The van der Waals surface area contributed by atoms with Crippen molar-refractivity contribution < 1.29 is 19.5 Å². The average molecular weight is 231 g/mol. The molecule has 0 nitrogen and oxygen atoms in total. The van der Waals surface area contributed by atoms with Gasteiger partial charge in [-0.15, -0.1) is 0 Å². The molecule has 0 aliphatic carbocycles. The van der Waals surface area contributed by atoms with Crippen molar-refractivity contribution in [2.24, 2.45) is 0 Å². The molecule has 0 saturated heterocycles. The van der Waals surface area contributed by atoms with Crippen LogP contribution in [0.1, 0.15) is 0 Å². The van der Waals surface area contributed by atoms with Gasteiger partial charge in [0.1, 0.15) is 0 Å². The topological polar surface area (TPSA) is 0 Å². The van der Waals surface area contributed by atoms with Crippen LogP contribution in [-0.4, -0.2) is 0 Å². The van der Waals surface area contributed by atoms with Gasteiger partial charge >= 0.3 is 0 Å². The van der Waals surface area contributed by atoms with Gasteiger partial charge in [-0.25, -0.2) is 24.3 Å². The molecular formula is C10H10Ru-2. The molecule has 60 valence electrons. The second kappa shape index (κ2) is 7.43. The van der Waals surface area contributed by atoms with E-state index in [1.165, 1.54) is 0 Å². The summed E-state index contributed by atoms with van der Waals surface area (Å²) in [4.78, 5) is 0. The first kappa shape index (κ1) is 10.3. The fourth-order valence-corrected chi connectivity index (χ4v) is 0.642. The smallest absolute Gasteiger partial charge is 0 e. The van der Waals surface area contributed by atoms with E-state index in [4.69, 9.17) is 0 Å². The second-order valence-corrected chi connectivity index (χ2v) is 1.92. The van der Waals surface area contributed by atoms with Gasteiger partial charge in [0.15, 0.2) is 0 Å². The molecule has 0 aliphatic rings. The Morgan fingerprint density at radius 1 is 0.545 bits per heavy atom. The molecule has 0 N–H and O–H groups in total. The first-order chi connectivity index (χ1) is 5.00. The number of hydrogen-bond acceptors (Lipinski definition) is 0. The normalized spacial score (nSPS) is 7.27. The van der Waals surface area contributed by atoms with Crippen LogP contribution in [0.3, 0.4) is 0 Å². The maximum atomic E-state index is 2.00. The first-order valence-electron chi connectivity index (χ1n) is 3.33. The molecule has 0 aliphatic heterocycles. The van der Waals surface area contributed by atoms with E-state index in [9.17, 15) is 0 Å². The molecule has 11 heavy (non-hydrogen) atoms. The van der Waals surface area contributed by atoms with Gasteiger partial charge in [0.25, 0.3) is 0 Å². The maximum Gasteiger partial charge on any atom is 0 e. The van der Waals surface area contributed by atoms with Crippen molar-refractivity contribution in [3.63, 3.8) is 0 Å². The van der Waals surface area contributed by atoms with Crippen molar-refractivity contribution in [2.75, 3.05) is 0 Å². The van der Waals surface area contributed by atoms with Gasteiger partial charge < -0.3 is 0 Å². The largest absolute Gasteiger partial charge is 0.214 e. The van der Waals surface area contributed by atoms with Crippen molar-refractivity contribution in [1.29, 1.82) is 0 Å². The molecule has 2 aromatic rings. The van der Waals surface area contributed by atoms with Gasteiger partial charge in [0.2, 0.25) is 0 Å². The SMILES string of the molecule is [Ru].c1cc[cH-]c1.c1cc[cH-]c1. The van der Waals surface area contributed by atoms with Gasteiger partial charge in [0, 0.05) is 19.5 Å². The molecule has 0 fully saturated rings. The molecule has 0 aromatic heterocycles. The Kier molecular flexibility index (Phi) is 6.97.